The van der Waals surface area contributed by atoms with E-state index in [1.165, 1.54) is 12.1 Å². The van der Waals surface area contributed by atoms with Crippen LogP contribution < -0.4 is 10.6 Å². The van der Waals surface area contributed by atoms with Crippen molar-refractivity contribution in [3.63, 3.8) is 0 Å². The van der Waals surface area contributed by atoms with Gasteiger partial charge in [0.25, 0.3) is 0 Å². The molecule has 0 amide bonds. The smallest absolute Gasteiger partial charge is 0.357 e. The fraction of sp³-hybridized carbons (Fsp3) is 0.667. The normalized spacial score (nSPS) is 16.2. The van der Waals surface area contributed by atoms with E-state index in [0.717, 1.165) is 82.3 Å². The van der Waals surface area contributed by atoms with Crippen LogP contribution in [0.5, 0.6) is 0 Å². The molecule has 1 aliphatic heterocycles. The zero-order chi connectivity index (χ0) is 21.1. The maximum absolute atomic E-state index is 12.6. The van der Waals surface area contributed by atoms with Gasteiger partial charge in [0.05, 0.1) is 5.56 Å². The van der Waals surface area contributed by atoms with Crippen molar-refractivity contribution in [3.05, 3.63) is 35.4 Å². The molecular formula is C21H35F3IN5. The van der Waals surface area contributed by atoms with Gasteiger partial charge in [-0.05, 0) is 57.5 Å². The van der Waals surface area contributed by atoms with Crippen LogP contribution in [0.2, 0.25) is 0 Å². The van der Waals surface area contributed by atoms with E-state index in [0.29, 0.717) is 13.0 Å². The van der Waals surface area contributed by atoms with Crippen molar-refractivity contribution >= 4 is 29.9 Å². The zero-order valence-electron chi connectivity index (χ0n) is 18.0. The van der Waals surface area contributed by atoms with Gasteiger partial charge in [-0.1, -0.05) is 12.1 Å². The molecule has 0 spiro atoms. The molecule has 1 aromatic rings. The summed E-state index contributed by atoms with van der Waals surface area (Å²) in [6.45, 7) is 9.88. The summed E-state index contributed by atoms with van der Waals surface area (Å²) in [6, 6.07) is 5.34. The fourth-order valence-corrected chi connectivity index (χ4v) is 3.24. The fourth-order valence-electron chi connectivity index (χ4n) is 3.24. The molecule has 5 nitrogen and oxygen atoms in total. The van der Waals surface area contributed by atoms with Crippen molar-refractivity contribution in [1.29, 1.82) is 0 Å². The van der Waals surface area contributed by atoms with Crippen molar-refractivity contribution < 1.29 is 13.2 Å². The van der Waals surface area contributed by atoms with Crippen molar-refractivity contribution in [2.45, 2.75) is 32.4 Å². The number of rotatable bonds is 9. The van der Waals surface area contributed by atoms with Crippen LogP contribution >= 0.6 is 24.0 Å². The molecule has 9 heteroatoms. The molecule has 1 saturated heterocycles. The van der Waals surface area contributed by atoms with Crippen LogP contribution in [0.15, 0.2) is 29.3 Å². The first kappa shape index (κ1) is 27.0. The first-order valence-electron chi connectivity index (χ1n) is 10.5. The van der Waals surface area contributed by atoms with Gasteiger partial charge in [-0.15, -0.1) is 24.0 Å². The molecule has 0 aliphatic carbocycles. The molecule has 1 fully saturated rings. The Hall–Kier alpha value is -1.07. The van der Waals surface area contributed by atoms with E-state index in [-0.39, 0.29) is 24.0 Å². The largest absolute Gasteiger partial charge is 0.416 e. The van der Waals surface area contributed by atoms with Crippen molar-refractivity contribution in [2.75, 3.05) is 59.4 Å². The maximum Gasteiger partial charge on any atom is 0.416 e. The molecule has 0 radical (unpaired) electrons. The third kappa shape index (κ3) is 10.3. The van der Waals surface area contributed by atoms with Gasteiger partial charge in [-0.3, -0.25) is 4.99 Å². The molecule has 0 unspecified atom stereocenters. The number of guanidine groups is 1. The summed E-state index contributed by atoms with van der Waals surface area (Å²) in [4.78, 5) is 9.48. The number of nitrogens with zero attached hydrogens (tertiary/aromatic N) is 3. The number of unbranched alkanes of at least 4 members (excludes halogenated alkanes) is 1. The van der Waals surface area contributed by atoms with Gasteiger partial charge in [0.15, 0.2) is 5.96 Å². The van der Waals surface area contributed by atoms with Crippen molar-refractivity contribution in [2.24, 2.45) is 4.99 Å². The zero-order valence-corrected chi connectivity index (χ0v) is 20.3. The van der Waals surface area contributed by atoms with E-state index in [1.54, 1.807) is 0 Å². The number of alkyl halides is 3. The highest BCUT2D eigenvalue weighted by Gasteiger charge is 2.29. The lowest BCUT2D eigenvalue weighted by molar-refractivity contribution is -0.137. The highest BCUT2D eigenvalue weighted by atomic mass is 127. The molecule has 2 N–H and O–H groups in total. The molecule has 2 rings (SSSR count). The maximum atomic E-state index is 12.6. The number of aliphatic imine (C=N–C) groups is 1. The molecule has 30 heavy (non-hydrogen) atoms. The summed E-state index contributed by atoms with van der Waals surface area (Å²) in [5.41, 5.74) is 0.259. The average molecular weight is 541 g/mol. The van der Waals surface area contributed by atoms with E-state index in [2.05, 4.69) is 32.5 Å². The Bertz CT molecular complexity index is 614. The second-order valence-electron chi connectivity index (χ2n) is 7.48. The van der Waals surface area contributed by atoms with Crippen LogP contribution in [0.4, 0.5) is 13.2 Å². The topological polar surface area (TPSA) is 42.9 Å². The van der Waals surface area contributed by atoms with Gasteiger partial charge >= 0.3 is 6.18 Å². The molecule has 1 heterocycles. The number of hydrogen-bond donors (Lipinski definition) is 2. The number of halogens is 4. The van der Waals surface area contributed by atoms with Gasteiger partial charge in [-0.25, -0.2) is 0 Å². The highest BCUT2D eigenvalue weighted by Crippen LogP contribution is 2.29. The van der Waals surface area contributed by atoms with Crippen molar-refractivity contribution in [3.8, 4) is 0 Å². The predicted molar refractivity (Wildman–Crippen MR) is 128 cm³/mol. The number of piperazine rings is 1. The quantitative estimate of drug-likeness (QED) is 0.218. The van der Waals surface area contributed by atoms with Gasteiger partial charge in [-0.2, -0.15) is 13.2 Å². The van der Waals surface area contributed by atoms with Crippen LogP contribution in [0, 0.1) is 0 Å². The summed E-state index contributed by atoms with van der Waals surface area (Å²) >= 11 is 0. The SMILES string of the molecule is CCNC(=NCCCCN1CCN(C)CC1)NCCc1ccc(C(F)(F)F)cc1.I. The third-order valence-corrected chi connectivity index (χ3v) is 5.08. The lowest BCUT2D eigenvalue weighted by Crippen LogP contribution is -2.44. The van der Waals surface area contributed by atoms with E-state index in [1.807, 2.05) is 6.92 Å². The van der Waals surface area contributed by atoms with Crippen LogP contribution in [-0.4, -0.2) is 75.2 Å². The third-order valence-electron chi connectivity index (χ3n) is 5.08. The molecule has 0 atom stereocenters. The molecule has 1 aliphatic rings. The number of likely N-dealkylation sites (N-methyl/N-ethyl adjacent to an activating group) is 1. The Morgan fingerprint density at radius 2 is 1.70 bits per heavy atom. The Labute approximate surface area is 195 Å². The van der Waals surface area contributed by atoms with Gasteiger partial charge in [0.1, 0.15) is 0 Å². The van der Waals surface area contributed by atoms with Gasteiger partial charge in [0, 0.05) is 45.8 Å². The minimum atomic E-state index is -4.29. The van der Waals surface area contributed by atoms with Crippen LogP contribution in [0.3, 0.4) is 0 Å². The predicted octanol–water partition coefficient (Wildman–Crippen LogP) is 3.45. The Balaban J connectivity index is 0.00000450. The minimum Gasteiger partial charge on any atom is -0.357 e. The van der Waals surface area contributed by atoms with Crippen LogP contribution in [0.1, 0.15) is 30.9 Å². The monoisotopic (exact) mass is 541 g/mol. The van der Waals surface area contributed by atoms with Crippen molar-refractivity contribution in [1.82, 2.24) is 20.4 Å². The van der Waals surface area contributed by atoms with E-state index in [4.69, 9.17) is 0 Å². The molecule has 0 bridgehead atoms. The summed E-state index contributed by atoms with van der Waals surface area (Å²) < 4.78 is 37.8. The lowest BCUT2D eigenvalue weighted by Gasteiger charge is -2.32. The Morgan fingerprint density at radius 3 is 2.30 bits per heavy atom. The van der Waals surface area contributed by atoms with E-state index in [9.17, 15) is 13.2 Å². The van der Waals surface area contributed by atoms with E-state index < -0.39 is 11.7 Å². The molecule has 0 saturated carbocycles. The summed E-state index contributed by atoms with van der Waals surface area (Å²) in [7, 11) is 2.17. The van der Waals surface area contributed by atoms with Gasteiger partial charge < -0.3 is 20.4 Å². The number of hydrogen-bond acceptors (Lipinski definition) is 3. The van der Waals surface area contributed by atoms with Gasteiger partial charge in [0.2, 0.25) is 0 Å². The first-order chi connectivity index (χ1) is 13.9. The highest BCUT2D eigenvalue weighted by molar-refractivity contribution is 14.0. The lowest BCUT2D eigenvalue weighted by atomic mass is 10.1. The Kier molecular flexibility index (Phi) is 12.7. The van der Waals surface area contributed by atoms with Crippen LogP contribution in [0.25, 0.3) is 0 Å². The van der Waals surface area contributed by atoms with Crippen LogP contribution in [-0.2, 0) is 12.6 Å². The second kappa shape index (κ2) is 14.1. The standard InChI is InChI=1S/C21H34F3N5.HI/c1-3-25-20(26-11-4-5-13-29-16-14-28(2)15-17-29)27-12-10-18-6-8-19(9-7-18)21(22,23)24;/h6-9H,3-5,10-17H2,1-2H3,(H2,25,26,27);1H. The first-order valence-corrected chi connectivity index (χ1v) is 10.5. The Morgan fingerprint density at radius 1 is 1.03 bits per heavy atom. The molecular weight excluding hydrogens is 506 g/mol. The van der Waals surface area contributed by atoms with E-state index >= 15 is 0 Å². The summed E-state index contributed by atoms with van der Waals surface area (Å²) in [6.07, 6.45) is -1.46. The summed E-state index contributed by atoms with van der Waals surface area (Å²) in [5.74, 6) is 0.763. The summed E-state index contributed by atoms with van der Waals surface area (Å²) in [5, 5.41) is 6.48. The average Bonchev–Trinajstić information content (AvgIpc) is 2.69. The second-order valence-corrected chi connectivity index (χ2v) is 7.48. The minimum absolute atomic E-state index is 0. The molecule has 172 valence electrons. The molecule has 0 aromatic heterocycles. The number of nitrogens with one attached hydrogen (secondary N) is 2. The number of benzene rings is 1. The molecule has 1 aromatic carbocycles.